The molecule has 0 atom stereocenters. The van der Waals surface area contributed by atoms with Gasteiger partial charge in [0.05, 0.1) is 4.91 Å². The Hall–Kier alpha value is -2.60. The lowest BCUT2D eigenvalue weighted by molar-refractivity contribution is -0.115. The number of carbonyl (C=O) groups is 2. The SMILES string of the molecule is O=C1NC(=O)/C(=C\c2cccc(OCc3ccc(F)cc3)c2)S1. The van der Waals surface area contributed by atoms with E-state index >= 15 is 0 Å². The monoisotopic (exact) mass is 329 g/mol. The van der Waals surface area contributed by atoms with E-state index in [1.807, 2.05) is 6.07 Å². The molecular formula is C17H12FNO3S. The summed E-state index contributed by atoms with van der Waals surface area (Å²) in [7, 11) is 0. The minimum absolute atomic E-state index is 0.288. The Balaban J connectivity index is 1.70. The highest BCUT2D eigenvalue weighted by Crippen LogP contribution is 2.26. The van der Waals surface area contributed by atoms with Crippen molar-refractivity contribution in [3.05, 3.63) is 70.4 Å². The molecule has 0 aliphatic carbocycles. The molecule has 1 aliphatic heterocycles. The van der Waals surface area contributed by atoms with E-state index < -0.39 is 5.91 Å². The fourth-order valence-corrected chi connectivity index (χ4v) is 2.70. The molecule has 2 aromatic rings. The van der Waals surface area contributed by atoms with E-state index in [0.717, 1.165) is 22.9 Å². The van der Waals surface area contributed by atoms with E-state index in [9.17, 15) is 14.0 Å². The van der Waals surface area contributed by atoms with Gasteiger partial charge in [-0.15, -0.1) is 0 Å². The van der Waals surface area contributed by atoms with Crippen molar-refractivity contribution in [1.29, 1.82) is 0 Å². The van der Waals surface area contributed by atoms with Crippen molar-refractivity contribution in [1.82, 2.24) is 5.32 Å². The van der Waals surface area contributed by atoms with Crippen molar-refractivity contribution in [2.24, 2.45) is 0 Å². The van der Waals surface area contributed by atoms with Crippen LogP contribution in [-0.2, 0) is 11.4 Å². The van der Waals surface area contributed by atoms with Gasteiger partial charge in [-0.3, -0.25) is 14.9 Å². The minimum Gasteiger partial charge on any atom is -0.489 e. The Kier molecular flexibility index (Phi) is 4.43. The van der Waals surface area contributed by atoms with Crippen LogP contribution in [0.1, 0.15) is 11.1 Å². The Morgan fingerprint density at radius 2 is 1.91 bits per heavy atom. The summed E-state index contributed by atoms with van der Waals surface area (Å²) in [6.07, 6.45) is 1.63. The number of hydrogen-bond acceptors (Lipinski definition) is 4. The first kappa shape index (κ1) is 15.3. The first-order valence-corrected chi connectivity index (χ1v) is 7.64. The molecule has 3 rings (SSSR count). The molecule has 6 heteroatoms. The van der Waals surface area contributed by atoms with Crippen LogP contribution >= 0.6 is 11.8 Å². The summed E-state index contributed by atoms with van der Waals surface area (Å²) in [4.78, 5) is 23.0. The number of benzene rings is 2. The third-order valence-corrected chi connectivity index (χ3v) is 3.93. The van der Waals surface area contributed by atoms with E-state index in [1.165, 1.54) is 12.1 Å². The summed E-state index contributed by atoms with van der Waals surface area (Å²) in [6, 6.07) is 13.3. The Bertz CT molecular complexity index is 787. The molecule has 2 aromatic carbocycles. The molecule has 0 bridgehead atoms. The molecule has 0 aromatic heterocycles. The lowest BCUT2D eigenvalue weighted by Gasteiger charge is -2.07. The molecule has 0 radical (unpaired) electrons. The quantitative estimate of drug-likeness (QED) is 0.869. The highest BCUT2D eigenvalue weighted by atomic mass is 32.2. The van der Waals surface area contributed by atoms with Gasteiger partial charge in [0.1, 0.15) is 18.2 Å². The molecule has 1 aliphatic rings. The average Bonchev–Trinajstić information content (AvgIpc) is 2.85. The first-order valence-electron chi connectivity index (χ1n) is 6.82. The molecule has 116 valence electrons. The summed E-state index contributed by atoms with van der Waals surface area (Å²) in [6.45, 7) is 0.314. The van der Waals surface area contributed by atoms with Crippen LogP contribution in [0.5, 0.6) is 5.75 Å². The molecule has 23 heavy (non-hydrogen) atoms. The molecule has 2 amide bonds. The van der Waals surface area contributed by atoms with Crippen LogP contribution in [0, 0.1) is 5.82 Å². The van der Waals surface area contributed by atoms with Crippen LogP contribution in [0.2, 0.25) is 0 Å². The van der Waals surface area contributed by atoms with Crippen molar-refractivity contribution < 1.29 is 18.7 Å². The maximum atomic E-state index is 12.8. The molecule has 0 saturated carbocycles. The number of ether oxygens (including phenoxy) is 1. The molecule has 1 saturated heterocycles. The second-order valence-corrected chi connectivity index (χ2v) is 5.85. The van der Waals surface area contributed by atoms with Crippen LogP contribution in [0.15, 0.2) is 53.4 Å². The van der Waals surface area contributed by atoms with E-state index in [-0.39, 0.29) is 11.1 Å². The van der Waals surface area contributed by atoms with Crippen LogP contribution in [0.25, 0.3) is 6.08 Å². The van der Waals surface area contributed by atoms with E-state index in [2.05, 4.69) is 5.32 Å². The van der Waals surface area contributed by atoms with E-state index in [0.29, 0.717) is 17.3 Å². The van der Waals surface area contributed by atoms with Crippen LogP contribution in [0.4, 0.5) is 9.18 Å². The van der Waals surface area contributed by atoms with Gasteiger partial charge in [-0.2, -0.15) is 0 Å². The number of rotatable bonds is 4. The maximum Gasteiger partial charge on any atom is 0.290 e. The molecule has 0 spiro atoms. The fraction of sp³-hybridized carbons (Fsp3) is 0.0588. The molecule has 1 fully saturated rings. The van der Waals surface area contributed by atoms with Crippen LogP contribution in [-0.4, -0.2) is 11.1 Å². The summed E-state index contributed by atoms with van der Waals surface area (Å²) in [5, 5.41) is 1.84. The first-order chi connectivity index (χ1) is 11.1. The van der Waals surface area contributed by atoms with Gasteiger partial charge >= 0.3 is 0 Å². The summed E-state index contributed by atoms with van der Waals surface area (Å²) < 4.78 is 18.5. The third-order valence-electron chi connectivity index (χ3n) is 3.12. The van der Waals surface area contributed by atoms with Crippen molar-refractivity contribution in [2.75, 3.05) is 0 Å². The normalized spacial score (nSPS) is 15.8. The smallest absolute Gasteiger partial charge is 0.290 e. The molecule has 0 unspecified atom stereocenters. The second-order valence-electron chi connectivity index (χ2n) is 4.84. The highest BCUT2D eigenvalue weighted by molar-refractivity contribution is 8.18. The Morgan fingerprint density at radius 1 is 1.13 bits per heavy atom. The third kappa shape index (κ3) is 3.98. The predicted octanol–water partition coefficient (Wildman–Crippen LogP) is 3.73. The number of halogens is 1. The number of amides is 2. The zero-order chi connectivity index (χ0) is 16.2. The zero-order valence-electron chi connectivity index (χ0n) is 11.9. The van der Waals surface area contributed by atoms with Crippen molar-refractivity contribution in [3.63, 3.8) is 0 Å². The van der Waals surface area contributed by atoms with Gasteiger partial charge in [-0.25, -0.2) is 4.39 Å². The van der Waals surface area contributed by atoms with Gasteiger partial charge in [0, 0.05) is 0 Å². The van der Waals surface area contributed by atoms with Crippen LogP contribution in [0.3, 0.4) is 0 Å². The number of carbonyl (C=O) groups excluding carboxylic acids is 2. The number of nitrogens with one attached hydrogen (secondary N) is 1. The van der Waals surface area contributed by atoms with Crippen LogP contribution < -0.4 is 10.1 Å². The van der Waals surface area contributed by atoms with Crippen molar-refractivity contribution >= 4 is 29.0 Å². The number of hydrogen-bond donors (Lipinski definition) is 1. The number of imide groups is 1. The molecular weight excluding hydrogens is 317 g/mol. The van der Waals surface area contributed by atoms with Crippen molar-refractivity contribution in [2.45, 2.75) is 6.61 Å². The molecule has 4 nitrogen and oxygen atoms in total. The van der Waals surface area contributed by atoms with E-state index in [4.69, 9.17) is 4.74 Å². The summed E-state index contributed by atoms with van der Waals surface area (Å²) in [5.74, 6) is -0.0553. The average molecular weight is 329 g/mol. The van der Waals surface area contributed by atoms with Gasteiger partial charge in [-0.05, 0) is 53.2 Å². The van der Waals surface area contributed by atoms with Crippen molar-refractivity contribution in [3.8, 4) is 5.75 Å². The van der Waals surface area contributed by atoms with Gasteiger partial charge in [-0.1, -0.05) is 24.3 Å². The topological polar surface area (TPSA) is 55.4 Å². The molecule has 1 heterocycles. The largest absolute Gasteiger partial charge is 0.489 e. The number of thioether (sulfide) groups is 1. The maximum absolute atomic E-state index is 12.8. The van der Waals surface area contributed by atoms with E-state index in [1.54, 1.807) is 36.4 Å². The minimum atomic E-state index is -0.391. The van der Waals surface area contributed by atoms with Gasteiger partial charge in [0.25, 0.3) is 11.1 Å². The standard InChI is InChI=1S/C17H12FNO3S/c18-13-6-4-11(5-7-13)10-22-14-3-1-2-12(8-14)9-15-16(20)19-17(21)23-15/h1-9H,10H2,(H,19,20,21)/b15-9+. The summed E-state index contributed by atoms with van der Waals surface area (Å²) >= 11 is 0.871. The zero-order valence-corrected chi connectivity index (χ0v) is 12.7. The fourth-order valence-electron chi connectivity index (χ4n) is 2.01. The van der Waals surface area contributed by atoms with Gasteiger partial charge in [0.15, 0.2) is 0 Å². The Morgan fingerprint density at radius 3 is 2.61 bits per heavy atom. The lowest BCUT2D eigenvalue weighted by atomic mass is 10.2. The Labute approximate surface area is 136 Å². The highest BCUT2D eigenvalue weighted by Gasteiger charge is 2.24. The lowest BCUT2D eigenvalue weighted by Crippen LogP contribution is -2.17. The predicted molar refractivity (Wildman–Crippen MR) is 86.3 cm³/mol. The van der Waals surface area contributed by atoms with Gasteiger partial charge < -0.3 is 4.74 Å². The summed E-state index contributed by atoms with van der Waals surface area (Å²) in [5.41, 5.74) is 1.61. The molecule has 1 N–H and O–H groups in total. The second kappa shape index (κ2) is 6.66. The van der Waals surface area contributed by atoms with Gasteiger partial charge in [0.2, 0.25) is 0 Å².